The van der Waals surface area contributed by atoms with Crippen LogP contribution in [-0.4, -0.2) is 30.0 Å². The highest BCUT2D eigenvalue weighted by Gasteiger charge is 2.38. The van der Waals surface area contributed by atoms with E-state index in [1.165, 1.54) is 0 Å². The molecule has 1 heterocycles. The average Bonchev–Trinajstić information content (AvgIpc) is 2.35. The van der Waals surface area contributed by atoms with Crippen LogP contribution in [0.15, 0.2) is 0 Å². The van der Waals surface area contributed by atoms with Crippen LogP contribution in [0.3, 0.4) is 0 Å². The largest absolute Gasteiger partial charge is 0.370 e. The van der Waals surface area contributed by atoms with Gasteiger partial charge in [0.05, 0.1) is 0 Å². The first-order valence-corrected chi connectivity index (χ1v) is 4.51. The predicted octanol–water partition coefficient (Wildman–Crippen LogP) is 1.10. The summed E-state index contributed by atoms with van der Waals surface area (Å²) >= 11 is 1.79. The van der Waals surface area contributed by atoms with Crippen molar-refractivity contribution in [1.29, 1.82) is 0 Å². The average molecular weight is 160 g/mol. The van der Waals surface area contributed by atoms with Crippen LogP contribution in [0, 0.1) is 0 Å². The third-order valence-electron chi connectivity index (χ3n) is 2.02. The molecular weight excluding hydrogens is 148 g/mol. The first-order chi connectivity index (χ1) is 4.71. The van der Waals surface area contributed by atoms with E-state index in [9.17, 15) is 4.79 Å². The third kappa shape index (κ3) is 1.20. The van der Waals surface area contributed by atoms with Crippen LogP contribution in [0.2, 0.25) is 0 Å². The Labute approximate surface area is 65.3 Å². The molecule has 1 unspecified atom stereocenters. The number of methoxy groups -OCH3 is 1. The second kappa shape index (κ2) is 2.93. The molecule has 0 aliphatic carbocycles. The Balaban J connectivity index is 2.67. The van der Waals surface area contributed by atoms with Crippen molar-refractivity contribution in [2.24, 2.45) is 0 Å². The fraction of sp³-hybridized carbons (Fsp3) is 0.857. The normalized spacial score (nSPS) is 32.6. The van der Waals surface area contributed by atoms with Crippen LogP contribution in [0.4, 0.5) is 0 Å². The fourth-order valence-electron chi connectivity index (χ4n) is 1.13. The van der Waals surface area contributed by atoms with E-state index in [-0.39, 0.29) is 5.78 Å². The van der Waals surface area contributed by atoms with Crippen molar-refractivity contribution < 1.29 is 9.53 Å². The number of carbonyl (C=O) groups is 1. The van der Waals surface area contributed by atoms with Crippen LogP contribution >= 0.6 is 11.8 Å². The fourth-order valence-corrected chi connectivity index (χ4v) is 2.54. The third-order valence-corrected chi connectivity index (χ3v) is 3.18. The lowest BCUT2D eigenvalue weighted by Gasteiger charge is -2.22. The molecule has 0 bridgehead atoms. The summed E-state index contributed by atoms with van der Waals surface area (Å²) in [6.07, 6.45) is 0.878. The first kappa shape index (κ1) is 8.08. The molecule has 0 aromatic rings. The van der Waals surface area contributed by atoms with Gasteiger partial charge in [0.25, 0.3) is 0 Å². The minimum Gasteiger partial charge on any atom is -0.370 e. The molecule has 0 radical (unpaired) electrons. The molecule has 3 heteroatoms. The summed E-state index contributed by atoms with van der Waals surface area (Å²) < 4.78 is 5.19. The standard InChI is InChI=1S/C7H12O2S/c1-6(8)7(9-2)3-4-10-5-7/h3-5H2,1-2H3. The van der Waals surface area contributed by atoms with Gasteiger partial charge in [0, 0.05) is 12.9 Å². The van der Waals surface area contributed by atoms with E-state index in [1.54, 1.807) is 25.8 Å². The zero-order valence-electron chi connectivity index (χ0n) is 6.35. The monoisotopic (exact) mass is 160 g/mol. The van der Waals surface area contributed by atoms with Crippen LogP contribution in [0.25, 0.3) is 0 Å². The zero-order valence-corrected chi connectivity index (χ0v) is 7.16. The quantitative estimate of drug-likeness (QED) is 0.605. The SMILES string of the molecule is COC1(C(C)=O)CCSC1. The molecule has 1 saturated heterocycles. The molecule has 0 N–H and O–H groups in total. The molecule has 0 saturated carbocycles. The number of hydrogen-bond donors (Lipinski definition) is 0. The number of rotatable bonds is 2. The van der Waals surface area contributed by atoms with Gasteiger partial charge in [-0.15, -0.1) is 0 Å². The lowest BCUT2D eigenvalue weighted by Crippen LogP contribution is -2.38. The Bertz CT molecular complexity index is 139. The Morgan fingerprint density at radius 3 is 2.60 bits per heavy atom. The van der Waals surface area contributed by atoms with E-state index >= 15 is 0 Å². The number of ether oxygens (including phenoxy) is 1. The summed E-state index contributed by atoms with van der Waals surface area (Å²) in [7, 11) is 1.62. The van der Waals surface area contributed by atoms with Gasteiger partial charge in [-0.25, -0.2) is 0 Å². The molecule has 0 aromatic carbocycles. The first-order valence-electron chi connectivity index (χ1n) is 3.35. The predicted molar refractivity (Wildman–Crippen MR) is 42.4 cm³/mol. The number of Topliss-reactive ketones (excluding diaryl/α,β-unsaturated/α-hetero) is 1. The van der Waals surface area contributed by atoms with Crippen LogP contribution < -0.4 is 0 Å². The summed E-state index contributed by atoms with van der Waals surface area (Å²) in [4.78, 5) is 11.1. The summed E-state index contributed by atoms with van der Waals surface area (Å²) in [5, 5.41) is 0. The molecule has 1 aliphatic heterocycles. The molecule has 2 nitrogen and oxygen atoms in total. The summed E-state index contributed by atoms with van der Waals surface area (Å²) in [5.41, 5.74) is -0.440. The van der Waals surface area contributed by atoms with Crippen LogP contribution in [-0.2, 0) is 9.53 Å². The molecule has 58 valence electrons. The molecule has 0 aromatic heterocycles. The van der Waals surface area contributed by atoms with Crippen molar-refractivity contribution >= 4 is 17.5 Å². The van der Waals surface area contributed by atoms with Gasteiger partial charge in [0.2, 0.25) is 0 Å². The van der Waals surface area contributed by atoms with Gasteiger partial charge in [0.15, 0.2) is 5.78 Å². The van der Waals surface area contributed by atoms with Gasteiger partial charge in [-0.3, -0.25) is 4.79 Å². The minimum atomic E-state index is -0.440. The molecule has 0 spiro atoms. The van der Waals surface area contributed by atoms with Crippen molar-refractivity contribution in [2.75, 3.05) is 18.6 Å². The second-order valence-electron chi connectivity index (χ2n) is 2.56. The number of thioether (sulfide) groups is 1. The smallest absolute Gasteiger partial charge is 0.162 e. The van der Waals surface area contributed by atoms with E-state index in [0.29, 0.717) is 0 Å². The van der Waals surface area contributed by atoms with E-state index in [1.807, 2.05) is 0 Å². The number of ketones is 1. The molecule has 1 aliphatic rings. The van der Waals surface area contributed by atoms with Crippen molar-refractivity contribution in [3.63, 3.8) is 0 Å². The Morgan fingerprint density at radius 1 is 1.70 bits per heavy atom. The van der Waals surface area contributed by atoms with Gasteiger partial charge in [-0.1, -0.05) is 0 Å². The molecule has 1 rings (SSSR count). The highest BCUT2D eigenvalue weighted by molar-refractivity contribution is 7.99. The van der Waals surface area contributed by atoms with Crippen LogP contribution in [0.5, 0.6) is 0 Å². The molecule has 1 fully saturated rings. The van der Waals surface area contributed by atoms with Gasteiger partial charge in [-0.2, -0.15) is 11.8 Å². The molecular formula is C7H12O2S. The van der Waals surface area contributed by atoms with Gasteiger partial charge in [0.1, 0.15) is 5.60 Å². The highest BCUT2D eigenvalue weighted by Crippen LogP contribution is 2.31. The topological polar surface area (TPSA) is 26.3 Å². The number of hydrogen-bond acceptors (Lipinski definition) is 3. The zero-order chi connectivity index (χ0) is 7.61. The molecule has 0 amide bonds. The van der Waals surface area contributed by atoms with E-state index in [0.717, 1.165) is 17.9 Å². The maximum atomic E-state index is 11.1. The van der Waals surface area contributed by atoms with Crippen molar-refractivity contribution in [2.45, 2.75) is 18.9 Å². The van der Waals surface area contributed by atoms with E-state index < -0.39 is 5.60 Å². The summed E-state index contributed by atoms with van der Waals surface area (Å²) in [6, 6.07) is 0. The van der Waals surface area contributed by atoms with E-state index in [2.05, 4.69) is 0 Å². The van der Waals surface area contributed by atoms with Crippen molar-refractivity contribution in [3.8, 4) is 0 Å². The summed E-state index contributed by atoms with van der Waals surface area (Å²) in [5.74, 6) is 2.05. The second-order valence-corrected chi connectivity index (χ2v) is 3.66. The van der Waals surface area contributed by atoms with E-state index in [4.69, 9.17) is 4.74 Å². The lowest BCUT2D eigenvalue weighted by molar-refractivity contribution is -0.135. The minimum absolute atomic E-state index is 0.167. The maximum Gasteiger partial charge on any atom is 0.162 e. The lowest BCUT2D eigenvalue weighted by atomic mass is 9.99. The number of carbonyl (C=O) groups excluding carboxylic acids is 1. The van der Waals surface area contributed by atoms with Crippen molar-refractivity contribution in [3.05, 3.63) is 0 Å². The van der Waals surface area contributed by atoms with Gasteiger partial charge >= 0.3 is 0 Å². The Hall–Kier alpha value is -0.0200. The maximum absolute atomic E-state index is 11.1. The molecule has 1 atom stereocenters. The summed E-state index contributed by atoms with van der Waals surface area (Å²) in [6.45, 7) is 1.61. The Morgan fingerprint density at radius 2 is 2.40 bits per heavy atom. The van der Waals surface area contributed by atoms with Gasteiger partial charge in [-0.05, 0) is 19.1 Å². The highest BCUT2D eigenvalue weighted by atomic mass is 32.2. The van der Waals surface area contributed by atoms with Crippen LogP contribution in [0.1, 0.15) is 13.3 Å². The van der Waals surface area contributed by atoms with Crippen molar-refractivity contribution in [1.82, 2.24) is 0 Å². The molecule has 10 heavy (non-hydrogen) atoms. The Kier molecular flexibility index (Phi) is 2.36. The van der Waals surface area contributed by atoms with Gasteiger partial charge < -0.3 is 4.74 Å².